The second-order valence-electron chi connectivity index (χ2n) is 9.94. The predicted molar refractivity (Wildman–Crippen MR) is 137 cm³/mol. The van der Waals surface area contributed by atoms with Crippen molar-refractivity contribution in [3.8, 4) is 0 Å². The number of aromatic nitrogens is 5. The molecule has 3 aromatic heterocycles. The van der Waals surface area contributed by atoms with E-state index in [0.29, 0.717) is 17.0 Å². The maximum atomic E-state index is 12.5. The molecule has 0 radical (unpaired) electrons. The van der Waals surface area contributed by atoms with Gasteiger partial charge in [-0.15, -0.1) is 5.10 Å². The first-order chi connectivity index (χ1) is 19.0. The first kappa shape index (κ1) is 29.1. The fourth-order valence-electron chi connectivity index (χ4n) is 5.18. The van der Waals surface area contributed by atoms with Gasteiger partial charge in [-0.2, -0.15) is 4.98 Å². The largest absolute Gasteiger partial charge is 0.438 e. The number of methoxy groups -OCH3 is 1. The second kappa shape index (κ2) is 11.5. The van der Waals surface area contributed by atoms with E-state index in [4.69, 9.17) is 25.8 Å². The molecule has 0 spiro atoms. The van der Waals surface area contributed by atoms with Gasteiger partial charge in [-0.1, -0.05) is 18.0 Å². The summed E-state index contributed by atoms with van der Waals surface area (Å²) >= 11 is 6.20. The van der Waals surface area contributed by atoms with Gasteiger partial charge >= 0.3 is 13.4 Å². The first-order valence-electron chi connectivity index (χ1n) is 12.6. The van der Waals surface area contributed by atoms with Crippen molar-refractivity contribution >= 4 is 30.5 Å². The molecule has 0 aromatic carbocycles. The van der Waals surface area contributed by atoms with Crippen LogP contribution in [0.15, 0.2) is 21.5 Å². The fourth-order valence-corrected chi connectivity index (χ4v) is 6.24. The van der Waals surface area contributed by atoms with Crippen molar-refractivity contribution in [3.63, 3.8) is 0 Å². The molecule has 220 valence electrons. The number of rotatable bonds is 11. The van der Waals surface area contributed by atoms with Gasteiger partial charge in [0.1, 0.15) is 29.9 Å². The number of nitrogens with one attached hydrogen (secondary N) is 2. The van der Waals surface area contributed by atoms with Crippen molar-refractivity contribution in [3.05, 3.63) is 39.5 Å². The number of H-pyrrole nitrogens is 1. The van der Waals surface area contributed by atoms with Crippen LogP contribution in [0.1, 0.15) is 43.3 Å². The standard InChI is InChI=1S/C22H30ClN6O10P/c1-36-10-22(40(33,34)35,8-15-25-21(32)39-28-15)37-9-14-16(30)17(31)18(38-14)12-6-7-13-19(24-11-4-2-3-5-11)26-20(23)27-29(12)13/h6-7,11,14,16-18,30-31H,2-5,8-10H2,1H3,(H,24,26,27)(H,25,28,32)(H2,33,34,35)/t14-,16-,17-,18+,22?/m1/s1. The summed E-state index contributed by atoms with van der Waals surface area (Å²) in [5.74, 6) is -0.574. The van der Waals surface area contributed by atoms with Crippen molar-refractivity contribution in [1.82, 2.24) is 24.7 Å². The lowest BCUT2D eigenvalue weighted by molar-refractivity contribution is -0.105. The van der Waals surface area contributed by atoms with Gasteiger partial charge < -0.3 is 39.5 Å². The maximum Gasteiger partial charge on any atom is 0.438 e. The Bertz CT molecular complexity index is 1440. The molecule has 16 nitrogen and oxygen atoms in total. The lowest BCUT2D eigenvalue weighted by Gasteiger charge is -2.33. The molecule has 0 bridgehead atoms. The predicted octanol–water partition coefficient (Wildman–Crippen LogP) is 0.355. The smallest absolute Gasteiger partial charge is 0.387 e. The molecule has 4 heterocycles. The van der Waals surface area contributed by atoms with Crippen LogP contribution in [0.5, 0.6) is 0 Å². The summed E-state index contributed by atoms with van der Waals surface area (Å²) in [6, 6.07) is 3.66. The summed E-state index contributed by atoms with van der Waals surface area (Å²) in [5.41, 5.74) is 0.972. The van der Waals surface area contributed by atoms with Crippen molar-refractivity contribution in [1.29, 1.82) is 0 Å². The molecule has 2 aliphatic rings. The van der Waals surface area contributed by atoms with Crippen LogP contribution in [0.25, 0.3) is 5.52 Å². The van der Waals surface area contributed by atoms with Crippen LogP contribution in [0.2, 0.25) is 5.28 Å². The Morgan fingerprint density at radius 3 is 2.67 bits per heavy atom. The van der Waals surface area contributed by atoms with Gasteiger partial charge in [0.25, 0.3) is 0 Å². The number of halogens is 1. The summed E-state index contributed by atoms with van der Waals surface area (Å²) in [4.78, 5) is 38.2. The summed E-state index contributed by atoms with van der Waals surface area (Å²) in [5, 5.41) is 30.4. The Labute approximate surface area is 231 Å². The molecule has 1 aliphatic carbocycles. The van der Waals surface area contributed by atoms with Gasteiger partial charge in [0.15, 0.2) is 17.0 Å². The highest BCUT2D eigenvalue weighted by molar-refractivity contribution is 7.53. The van der Waals surface area contributed by atoms with Crippen LogP contribution in [0, 0.1) is 0 Å². The Balaban J connectivity index is 1.37. The quantitative estimate of drug-likeness (QED) is 0.162. The lowest BCUT2D eigenvalue weighted by Crippen LogP contribution is -2.44. The van der Waals surface area contributed by atoms with E-state index in [0.717, 1.165) is 25.7 Å². The third-order valence-electron chi connectivity index (χ3n) is 7.21. The highest BCUT2D eigenvalue weighted by atomic mass is 35.5. The number of aliphatic hydroxyl groups excluding tert-OH is 2. The van der Waals surface area contributed by atoms with Crippen LogP contribution in [-0.4, -0.2) is 94.8 Å². The lowest BCUT2D eigenvalue weighted by atomic mass is 10.1. The zero-order chi connectivity index (χ0) is 28.7. The van der Waals surface area contributed by atoms with E-state index in [1.165, 1.54) is 11.6 Å². The molecule has 40 heavy (non-hydrogen) atoms. The van der Waals surface area contributed by atoms with E-state index in [-0.39, 0.29) is 17.1 Å². The third kappa shape index (κ3) is 5.68. The Morgan fingerprint density at radius 1 is 1.27 bits per heavy atom. The molecular weight excluding hydrogens is 575 g/mol. The van der Waals surface area contributed by atoms with Crippen molar-refractivity contribution < 1.29 is 43.3 Å². The van der Waals surface area contributed by atoms with E-state index in [1.807, 2.05) is 0 Å². The van der Waals surface area contributed by atoms with Gasteiger partial charge in [-0.25, -0.2) is 9.31 Å². The summed E-state index contributed by atoms with van der Waals surface area (Å²) in [7, 11) is -3.88. The fraction of sp³-hybridized carbons (Fsp3) is 0.636. The first-order valence-corrected chi connectivity index (χ1v) is 14.6. The Kier molecular flexibility index (Phi) is 8.34. The van der Waals surface area contributed by atoms with Crippen LogP contribution >= 0.6 is 19.2 Å². The Hall–Kier alpha value is -2.40. The molecule has 5 atom stereocenters. The molecule has 1 saturated heterocycles. The highest BCUT2D eigenvalue weighted by Crippen LogP contribution is 2.53. The van der Waals surface area contributed by atoms with Gasteiger partial charge in [0, 0.05) is 13.2 Å². The van der Waals surface area contributed by atoms with E-state index in [1.54, 1.807) is 12.1 Å². The molecule has 1 aliphatic heterocycles. The number of hydrogen-bond acceptors (Lipinski definition) is 12. The number of ether oxygens (including phenoxy) is 3. The normalized spacial score (nSPS) is 25.6. The van der Waals surface area contributed by atoms with Crippen molar-refractivity contribution in [2.45, 2.75) is 67.9 Å². The number of aromatic amines is 1. The number of aliphatic hydroxyl groups is 2. The molecule has 5 rings (SSSR count). The molecule has 6 N–H and O–H groups in total. The van der Waals surface area contributed by atoms with Crippen molar-refractivity contribution in [2.75, 3.05) is 25.6 Å². The zero-order valence-electron chi connectivity index (χ0n) is 21.3. The van der Waals surface area contributed by atoms with Crippen LogP contribution in [-0.2, 0) is 25.2 Å². The van der Waals surface area contributed by atoms with Gasteiger partial charge in [-0.3, -0.25) is 14.1 Å². The van der Waals surface area contributed by atoms with E-state index in [2.05, 4.69) is 30.1 Å². The van der Waals surface area contributed by atoms with E-state index in [9.17, 15) is 29.4 Å². The summed E-state index contributed by atoms with van der Waals surface area (Å²) < 4.78 is 35.1. The van der Waals surface area contributed by atoms with Gasteiger partial charge in [0.2, 0.25) is 5.28 Å². The summed E-state index contributed by atoms with van der Waals surface area (Å²) in [6.07, 6.45) is -1.57. The van der Waals surface area contributed by atoms with Crippen LogP contribution in [0.3, 0.4) is 0 Å². The number of nitrogens with zero attached hydrogens (tertiary/aromatic N) is 4. The maximum absolute atomic E-state index is 12.5. The minimum absolute atomic E-state index is 0.0322. The molecule has 1 saturated carbocycles. The van der Waals surface area contributed by atoms with Gasteiger partial charge in [-0.05, 0) is 36.6 Å². The number of anilines is 1. The molecular formula is C22H30ClN6O10P. The topological polar surface area (TPSA) is 227 Å². The van der Waals surface area contributed by atoms with E-state index < -0.39 is 62.7 Å². The average Bonchev–Trinajstić information content (AvgIpc) is 3.68. The SMILES string of the molecule is COCC(Cc1noc(=O)[nH]1)(OC[C@H]1O[C@@H](c2ccc3c(NC4CCCC4)nc(Cl)nn23)[C@H](O)[C@@H]1O)P(=O)(O)O. The van der Waals surface area contributed by atoms with Crippen LogP contribution < -0.4 is 11.1 Å². The number of hydrogen-bond donors (Lipinski definition) is 6. The minimum atomic E-state index is -5.08. The number of fused-ring (bicyclic) bond motifs is 1. The molecule has 18 heteroatoms. The average molecular weight is 605 g/mol. The Morgan fingerprint density at radius 2 is 2.02 bits per heavy atom. The minimum Gasteiger partial charge on any atom is -0.387 e. The molecule has 0 amide bonds. The monoisotopic (exact) mass is 604 g/mol. The molecule has 1 unspecified atom stereocenters. The second-order valence-corrected chi connectivity index (χ2v) is 12.2. The molecule has 3 aromatic rings. The van der Waals surface area contributed by atoms with Crippen LogP contribution in [0.4, 0.5) is 5.82 Å². The zero-order valence-corrected chi connectivity index (χ0v) is 23.0. The van der Waals surface area contributed by atoms with Crippen molar-refractivity contribution in [2.24, 2.45) is 0 Å². The third-order valence-corrected chi connectivity index (χ3v) is 8.85. The van der Waals surface area contributed by atoms with Gasteiger partial charge in [0.05, 0.1) is 25.3 Å². The molecule has 2 fully saturated rings. The van der Waals surface area contributed by atoms with E-state index >= 15 is 0 Å². The highest BCUT2D eigenvalue weighted by Gasteiger charge is 2.52. The summed E-state index contributed by atoms with van der Waals surface area (Å²) in [6.45, 7) is -1.16.